The zero-order valence-electron chi connectivity index (χ0n) is 62.7. The molecule has 9 aromatic rings. The monoisotopic (exact) mass is 1310 g/mol. The van der Waals surface area contributed by atoms with Gasteiger partial charge < -0.3 is 9.80 Å². The van der Waals surface area contributed by atoms with E-state index in [0.29, 0.717) is 0 Å². The molecule has 2 nitrogen and oxygen atoms in total. The molecule has 0 spiro atoms. The summed E-state index contributed by atoms with van der Waals surface area (Å²) in [5.74, 6) is 0. The smallest absolute Gasteiger partial charge is 0.0462 e. The van der Waals surface area contributed by atoms with E-state index in [-0.39, 0.29) is 16.2 Å². The van der Waals surface area contributed by atoms with Crippen molar-refractivity contribution in [2.24, 2.45) is 0 Å². The zero-order valence-corrected chi connectivity index (χ0v) is 62.7. The molecular formula is C97H120N2. The Labute approximate surface area is 600 Å². The maximum Gasteiger partial charge on any atom is 0.0462 e. The van der Waals surface area contributed by atoms with Gasteiger partial charge in [-0.3, -0.25) is 0 Å². The van der Waals surface area contributed by atoms with Crippen LogP contribution in [0.4, 0.5) is 34.1 Å². The van der Waals surface area contributed by atoms with Crippen LogP contribution in [0.25, 0.3) is 39.5 Å². The second kappa shape index (κ2) is 34.6. The SMILES string of the molecule is C=Cc1ccc(N(c2ccc(C)cc2)c2ccc(-c3ccc4c(c3)C(CCCCCCCC)(CCCCCCCC)c3cc5c(cc3-4)C(CCCCCCCC)(CCCCCCCC)c3cc(Cc4ccc(N(c6ccc(C)cc6)c6ccc(C(C)(C)C)cc6)cc4)ccc3-5)cc2)cc1. The van der Waals surface area contributed by atoms with Crippen LogP contribution < -0.4 is 9.80 Å². The van der Waals surface area contributed by atoms with Crippen LogP contribution in [0.5, 0.6) is 0 Å². The van der Waals surface area contributed by atoms with Crippen LogP contribution in [0.1, 0.15) is 284 Å². The highest BCUT2D eigenvalue weighted by Crippen LogP contribution is 2.62. The van der Waals surface area contributed by atoms with Crippen molar-refractivity contribution in [3.8, 4) is 33.4 Å². The Hall–Kier alpha value is -7.68. The molecule has 0 fully saturated rings. The molecule has 0 saturated carbocycles. The lowest BCUT2D eigenvalue weighted by atomic mass is 9.68. The second-order valence-electron chi connectivity index (χ2n) is 31.1. The van der Waals surface area contributed by atoms with Crippen LogP contribution in [0.15, 0.2) is 201 Å². The summed E-state index contributed by atoms with van der Waals surface area (Å²) in [4.78, 5) is 4.82. The van der Waals surface area contributed by atoms with Crippen molar-refractivity contribution in [3.63, 3.8) is 0 Å². The second-order valence-corrected chi connectivity index (χ2v) is 31.1. The van der Waals surface area contributed by atoms with Crippen molar-refractivity contribution in [2.75, 3.05) is 9.80 Å². The molecule has 0 aromatic heterocycles. The summed E-state index contributed by atoms with van der Waals surface area (Å²) in [6, 6.07) is 76.4. The molecule has 99 heavy (non-hydrogen) atoms. The van der Waals surface area contributed by atoms with Crippen molar-refractivity contribution in [1.82, 2.24) is 0 Å². The third-order valence-corrected chi connectivity index (χ3v) is 22.8. The van der Waals surface area contributed by atoms with Gasteiger partial charge in [-0.2, -0.15) is 0 Å². The fourth-order valence-corrected chi connectivity index (χ4v) is 16.9. The molecule has 0 amide bonds. The fourth-order valence-electron chi connectivity index (χ4n) is 16.9. The number of benzene rings is 9. The van der Waals surface area contributed by atoms with E-state index in [2.05, 4.69) is 273 Å². The number of fused-ring (bicyclic) bond motifs is 6. The molecule has 518 valence electrons. The Morgan fingerprint density at radius 1 is 0.313 bits per heavy atom. The summed E-state index contributed by atoms with van der Waals surface area (Å²) in [5, 5.41) is 0. The topological polar surface area (TPSA) is 6.48 Å². The van der Waals surface area contributed by atoms with E-state index in [4.69, 9.17) is 0 Å². The van der Waals surface area contributed by atoms with Crippen LogP contribution in [-0.2, 0) is 22.7 Å². The van der Waals surface area contributed by atoms with Crippen LogP contribution in [0.3, 0.4) is 0 Å². The van der Waals surface area contributed by atoms with E-state index in [1.807, 2.05) is 6.08 Å². The first-order valence-corrected chi connectivity index (χ1v) is 39.5. The lowest BCUT2D eigenvalue weighted by Crippen LogP contribution is -2.27. The van der Waals surface area contributed by atoms with Gasteiger partial charge in [-0.05, 0) is 220 Å². The van der Waals surface area contributed by atoms with E-state index >= 15 is 0 Å². The quantitative estimate of drug-likeness (QED) is 0.0356. The van der Waals surface area contributed by atoms with Crippen molar-refractivity contribution in [3.05, 3.63) is 256 Å². The maximum absolute atomic E-state index is 4.06. The van der Waals surface area contributed by atoms with Gasteiger partial charge >= 0.3 is 0 Å². The average Bonchev–Trinajstić information content (AvgIpc) is 1.53. The number of hydrogen-bond donors (Lipinski definition) is 0. The highest BCUT2D eigenvalue weighted by atomic mass is 15.1. The molecule has 2 heteroatoms. The predicted molar refractivity (Wildman–Crippen MR) is 433 cm³/mol. The molecule has 0 N–H and O–H groups in total. The Morgan fingerprint density at radius 3 is 1.02 bits per heavy atom. The normalized spacial score (nSPS) is 13.3. The molecule has 0 saturated heterocycles. The van der Waals surface area contributed by atoms with E-state index in [1.165, 1.54) is 252 Å². The summed E-state index contributed by atoms with van der Waals surface area (Å²) in [5.41, 5.74) is 29.9. The van der Waals surface area contributed by atoms with E-state index in [1.54, 1.807) is 27.8 Å². The van der Waals surface area contributed by atoms with E-state index in [9.17, 15) is 0 Å². The lowest BCUT2D eigenvalue weighted by molar-refractivity contribution is 0.394. The standard InChI is InChI=1S/C97H120N2/c1-11-16-20-24-28-32-64-96(65-33-29-25-21-17-12-2)91-69-77(68-76-42-56-84(57-43-76)99(82-52-38-74(7)39-53-82)86-60-48-80(49-61-86)95(8,9)10)44-62-87(91)89-71-94-90(72-93(89)96)88-63-47-79(70-92(88)97(94,66-34-30-26-22-18-13-3)67-35-31-27-23-19-14-4)78-45-58-85(59-46-78)98(81-50-36-73(6)37-51-81)83-54-40-75(15-5)41-55-83/h15,36-63,69-72H,5,11-14,16-35,64-68H2,1-4,6-10H3. The van der Waals surface area contributed by atoms with Gasteiger partial charge in [0.15, 0.2) is 0 Å². The first kappa shape index (κ1) is 72.6. The zero-order chi connectivity index (χ0) is 69.2. The van der Waals surface area contributed by atoms with Gasteiger partial charge in [0.05, 0.1) is 0 Å². The summed E-state index contributed by atoms with van der Waals surface area (Å²) in [6.45, 7) is 24.7. The van der Waals surface area contributed by atoms with Crippen LogP contribution >= 0.6 is 0 Å². The third kappa shape index (κ3) is 17.2. The first-order chi connectivity index (χ1) is 48.3. The molecule has 0 aliphatic heterocycles. The van der Waals surface area contributed by atoms with Crippen LogP contribution in [0, 0.1) is 13.8 Å². The Morgan fingerprint density at radius 2 is 0.626 bits per heavy atom. The number of nitrogens with zero attached hydrogens (tertiary/aromatic N) is 2. The number of unbranched alkanes of at least 4 members (excludes halogenated alkanes) is 20. The minimum atomic E-state index is -0.0774. The van der Waals surface area contributed by atoms with Crippen molar-refractivity contribution < 1.29 is 0 Å². The summed E-state index contributed by atoms with van der Waals surface area (Å²) in [6.07, 6.45) is 39.0. The minimum absolute atomic E-state index is 0.0576. The van der Waals surface area contributed by atoms with Crippen molar-refractivity contribution >= 4 is 40.2 Å². The molecular weight excluding hydrogens is 1190 g/mol. The molecule has 0 unspecified atom stereocenters. The molecule has 2 aliphatic carbocycles. The van der Waals surface area contributed by atoms with Crippen LogP contribution in [0.2, 0.25) is 0 Å². The number of anilines is 6. The number of hydrogen-bond acceptors (Lipinski definition) is 2. The van der Waals surface area contributed by atoms with Gasteiger partial charge in [-0.1, -0.05) is 329 Å². The summed E-state index contributed by atoms with van der Waals surface area (Å²) < 4.78 is 0. The first-order valence-electron chi connectivity index (χ1n) is 39.5. The molecule has 0 atom stereocenters. The highest BCUT2D eigenvalue weighted by molar-refractivity contribution is 5.92. The molecule has 11 rings (SSSR count). The van der Waals surface area contributed by atoms with Gasteiger partial charge in [0.25, 0.3) is 0 Å². The molecule has 2 aliphatic rings. The highest BCUT2D eigenvalue weighted by Gasteiger charge is 2.48. The van der Waals surface area contributed by atoms with E-state index in [0.717, 1.165) is 29.0 Å². The average molecular weight is 1310 g/mol. The molecule has 0 radical (unpaired) electrons. The summed E-state index contributed by atoms with van der Waals surface area (Å²) in [7, 11) is 0. The number of rotatable bonds is 38. The third-order valence-electron chi connectivity index (χ3n) is 22.8. The Balaban J connectivity index is 1.02. The van der Waals surface area contributed by atoms with Gasteiger partial charge in [0.2, 0.25) is 0 Å². The molecule has 0 heterocycles. The largest absolute Gasteiger partial charge is 0.311 e. The summed E-state index contributed by atoms with van der Waals surface area (Å²) >= 11 is 0. The van der Waals surface area contributed by atoms with E-state index < -0.39 is 0 Å². The Kier molecular flexibility index (Phi) is 25.4. The van der Waals surface area contributed by atoms with Gasteiger partial charge in [0, 0.05) is 45.0 Å². The molecule has 0 bridgehead atoms. The van der Waals surface area contributed by atoms with Crippen molar-refractivity contribution in [1.29, 1.82) is 0 Å². The van der Waals surface area contributed by atoms with Gasteiger partial charge in [-0.15, -0.1) is 0 Å². The van der Waals surface area contributed by atoms with Gasteiger partial charge in [0.1, 0.15) is 0 Å². The number of aryl methyl sites for hydroxylation is 2. The van der Waals surface area contributed by atoms with Crippen molar-refractivity contribution in [2.45, 2.75) is 265 Å². The lowest BCUT2D eigenvalue weighted by Gasteiger charge is -2.35. The maximum atomic E-state index is 4.06. The van der Waals surface area contributed by atoms with Crippen LogP contribution in [-0.4, -0.2) is 0 Å². The predicted octanol–water partition coefficient (Wildman–Crippen LogP) is 30.0. The van der Waals surface area contributed by atoms with Gasteiger partial charge in [-0.25, -0.2) is 0 Å². The minimum Gasteiger partial charge on any atom is -0.311 e. The molecule has 9 aromatic carbocycles. The Bertz CT molecular complexity index is 3950. The fraction of sp³-hybridized carbons (Fsp3) is 0.423.